The number of hydrogen-bond donors (Lipinski definition) is 2. The van der Waals surface area contributed by atoms with Crippen LogP contribution in [0.25, 0.3) is 0 Å². The zero-order valence-corrected chi connectivity index (χ0v) is 11.8. The first-order chi connectivity index (χ1) is 9.32. The van der Waals surface area contributed by atoms with E-state index in [9.17, 15) is 13.2 Å². The zero-order valence-electron chi connectivity index (χ0n) is 11.0. The van der Waals surface area contributed by atoms with Crippen molar-refractivity contribution >= 4 is 16.0 Å². The number of aromatic amines is 1. The van der Waals surface area contributed by atoms with Crippen LogP contribution in [0.1, 0.15) is 21.8 Å². The molecule has 20 heavy (non-hydrogen) atoms. The number of nitrogens with zero attached hydrogens (tertiary/aromatic N) is 1. The molecule has 2 heterocycles. The number of aromatic nitrogens is 1. The minimum atomic E-state index is -3.75. The van der Waals surface area contributed by atoms with Gasteiger partial charge in [0.05, 0.1) is 6.26 Å². The van der Waals surface area contributed by atoms with Gasteiger partial charge in [-0.2, -0.15) is 4.31 Å². The van der Waals surface area contributed by atoms with Crippen LogP contribution in [0, 0.1) is 6.92 Å². The molecule has 0 spiro atoms. The quantitative estimate of drug-likeness (QED) is 0.869. The van der Waals surface area contributed by atoms with Crippen molar-refractivity contribution in [3.8, 4) is 0 Å². The lowest BCUT2D eigenvalue weighted by atomic mass is 10.3. The van der Waals surface area contributed by atoms with Crippen molar-refractivity contribution in [1.29, 1.82) is 0 Å². The summed E-state index contributed by atoms with van der Waals surface area (Å²) in [5, 5.41) is 8.79. The van der Waals surface area contributed by atoms with E-state index < -0.39 is 16.0 Å². The third kappa shape index (κ3) is 2.61. The van der Waals surface area contributed by atoms with E-state index in [1.807, 2.05) is 0 Å². The van der Waals surface area contributed by atoms with Crippen molar-refractivity contribution in [2.45, 2.75) is 18.4 Å². The molecule has 2 aromatic rings. The molecule has 2 aromatic heterocycles. The predicted molar refractivity (Wildman–Crippen MR) is 69.8 cm³/mol. The van der Waals surface area contributed by atoms with Gasteiger partial charge in [0, 0.05) is 25.4 Å². The summed E-state index contributed by atoms with van der Waals surface area (Å²) in [5.74, 6) is -0.563. The van der Waals surface area contributed by atoms with Gasteiger partial charge in [0.15, 0.2) is 0 Å². The van der Waals surface area contributed by atoms with Crippen molar-refractivity contribution in [2.24, 2.45) is 0 Å². The largest absolute Gasteiger partial charge is 0.477 e. The van der Waals surface area contributed by atoms with E-state index in [4.69, 9.17) is 9.52 Å². The second-order valence-corrected chi connectivity index (χ2v) is 6.36. The molecule has 7 nitrogen and oxygen atoms in total. The Bertz CT molecular complexity index is 729. The van der Waals surface area contributed by atoms with E-state index in [1.165, 1.54) is 13.3 Å². The highest BCUT2D eigenvalue weighted by Gasteiger charge is 2.24. The summed E-state index contributed by atoms with van der Waals surface area (Å²) in [5.41, 5.74) is 0.585. The normalized spacial score (nSPS) is 11.9. The average Bonchev–Trinajstić information content (AvgIpc) is 2.99. The molecule has 0 aliphatic rings. The van der Waals surface area contributed by atoms with Gasteiger partial charge < -0.3 is 14.5 Å². The van der Waals surface area contributed by atoms with Gasteiger partial charge in [-0.05, 0) is 19.1 Å². The molecule has 0 saturated carbocycles. The number of aromatic carboxylic acids is 1. The van der Waals surface area contributed by atoms with E-state index in [1.54, 1.807) is 13.0 Å². The van der Waals surface area contributed by atoms with E-state index >= 15 is 0 Å². The molecular weight excluding hydrogens is 284 g/mol. The van der Waals surface area contributed by atoms with Gasteiger partial charge in [-0.1, -0.05) is 0 Å². The summed E-state index contributed by atoms with van der Waals surface area (Å²) < 4.78 is 30.8. The molecule has 0 unspecified atom stereocenters. The van der Waals surface area contributed by atoms with Crippen LogP contribution in [0.5, 0.6) is 0 Å². The number of H-pyrrole nitrogens is 1. The zero-order chi connectivity index (χ0) is 14.9. The summed E-state index contributed by atoms with van der Waals surface area (Å²) in [6.45, 7) is 1.90. The van der Waals surface area contributed by atoms with E-state index in [-0.39, 0.29) is 17.1 Å². The van der Waals surface area contributed by atoms with Crippen LogP contribution in [-0.2, 0) is 16.6 Å². The monoisotopic (exact) mass is 298 g/mol. The molecule has 0 atom stereocenters. The summed E-state index contributed by atoms with van der Waals surface area (Å²) in [6.07, 6.45) is 2.65. The van der Waals surface area contributed by atoms with Gasteiger partial charge in [0.25, 0.3) is 0 Å². The van der Waals surface area contributed by atoms with Crippen LogP contribution >= 0.6 is 0 Å². The van der Waals surface area contributed by atoms with Gasteiger partial charge in [-0.15, -0.1) is 0 Å². The number of rotatable bonds is 5. The van der Waals surface area contributed by atoms with E-state index in [0.29, 0.717) is 5.76 Å². The number of sulfonamides is 1. The number of carboxylic acids is 1. The Morgan fingerprint density at radius 3 is 2.70 bits per heavy atom. The maximum absolute atomic E-state index is 12.3. The third-order valence-electron chi connectivity index (χ3n) is 2.95. The van der Waals surface area contributed by atoms with Crippen molar-refractivity contribution in [2.75, 3.05) is 7.05 Å². The summed E-state index contributed by atoms with van der Waals surface area (Å²) in [4.78, 5) is 13.1. The first kappa shape index (κ1) is 14.4. The van der Waals surface area contributed by atoms with E-state index in [0.717, 1.165) is 22.1 Å². The van der Waals surface area contributed by atoms with Crippen LogP contribution < -0.4 is 0 Å². The molecule has 108 valence electrons. The predicted octanol–water partition coefficient (Wildman–Crippen LogP) is 1.44. The number of nitrogens with one attached hydrogen (secondary N) is 1. The summed E-state index contributed by atoms with van der Waals surface area (Å²) in [6, 6.07) is 2.79. The fourth-order valence-electron chi connectivity index (χ4n) is 1.73. The molecule has 0 aliphatic carbocycles. The van der Waals surface area contributed by atoms with Gasteiger partial charge in [0.1, 0.15) is 16.3 Å². The maximum atomic E-state index is 12.3. The minimum Gasteiger partial charge on any atom is -0.477 e. The second-order valence-electron chi connectivity index (χ2n) is 4.32. The molecule has 8 heteroatoms. The van der Waals surface area contributed by atoms with Crippen molar-refractivity contribution < 1.29 is 22.7 Å². The third-order valence-corrected chi connectivity index (χ3v) is 4.74. The minimum absolute atomic E-state index is 0.0847. The highest BCUT2D eigenvalue weighted by atomic mass is 32.2. The number of furan rings is 1. The molecular formula is C12H14N2O5S. The average molecular weight is 298 g/mol. The Hall–Kier alpha value is -2.06. The number of hydrogen-bond acceptors (Lipinski definition) is 4. The highest BCUT2D eigenvalue weighted by molar-refractivity contribution is 7.89. The van der Waals surface area contributed by atoms with E-state index in [2.05, 4.69) is 4.98 Å². The number of aryl methyl sites for hydroxylation is 1. The number of carboxylic acid groups (broad SMARTS) is 1. The second kappa shape index (κ2) is 5.14. The lowest BCUT2D eigenvalue weighted by Crippen LogP contribution is -2.26. The summed E-state index contributed by atoms with van der Waals surface area (Å²) in [7, 11) is -2.32. The van der Waals surface area contributed by atoms with Crippen molar-refractivity contribution in [3.05, 3.63) is 41.6 Å². The summed E-state index contributed by atoms with van der Waals surface area (Å²) >= 11 is 0. The maximum Gasteiger partial charge on any atom is 0.352 e. The molecule has 0 radical (unpaired) electrons. The molecule has 0 saturated heterocycles. The molecule has 0 bridgehead atoms. The van der Waals surface area contributed by atoms with Crippen molar-refractivity contribution in [1.82, 2.24) is 9.29 Å². The molecule has 2 rings (SSSR count). The van der Waals surface area contributed by atoms with Crippen LogP contribution in [0.15, 0.2) is 33.9 Å². The van der Waals surface area contributed by atoms with Gasteiger partial charge in [0.2, 0.25) is 10.0 Å². The Labute approximate surface area is 115 Å². The first-order valence-electron chi connectivity index (χ1n) is 5.73. The Morgan fingerprint density at radius 2 is 2.20 bits per heavy atom. The fourth-order valence-corrected chi connectivity index (χ4v) is 2.87. The van der Waals surface area contributed by atoms with Crippen LogP contribution in [0.2, 0.25) is 0 Å². The number of carbonyl (C=O) groups is 1. The SMILES string of the molecule is Cc1occc1CN(C)S(=O)(=O)c1c[nH]c(C(=O)O)c1. The van der Waals surface area contributed by atoms with Crippen LogP contribution in [0.4, 0.5) is 0 Å². The Balaban J connectivity index is 2.25. The van der Waals surface area contributed by atoms with Crippen LogP contribution in [-0.4, -0.2) is 35.8 Å². The van der Waals surface area contributed by atoms with Crippen LogP contribution in [0.3, 0.4) is 0 Å². The fraction of sp³-hybridized carbons (Fsp3) is 0.250. The molecule has 0 aliphatic heterocycles. The van der Waals surface area contributed by atoms with Crippen molar-refractivity contribution in [3.63, 3.8) is 0 Å². The molecule has 0 amide bonds. The molecule has 0 fully saturated rings. The standard InChI is InChI=1S/C12H14N2O5S/c1-8-9(3-4-19-8)7-14(2)20(17,18)10-5-11(12(15)16)13-6-10/h3-6,13H,7H2,1-2H3,(H,15,16). The Morgan fingerprint density at radius 1 is 1.50 bits per heavy atom. The lowest BCUT2D eigenvalue weighted by Gasteiger charge is -2.15. The molecule has 0 aromatic carbocycles. The van der Waals surface area contributed by atoms with Gasteiger partial charge in [-0.25, -0.2) is 13.2 Å². The highest BCUT2D eigenvalue weighted by Crippen LogP contribution is 2.19. The first-order valence-corrected chi connectivity index (χ1v) is 7.17. The van der Waals surface area contributed by atoms with Gasteiger partial charge >= 0.3 is 5.97 Å². The smallest absolute Gasteiger partial charge is 0.352 e. The Kier molecular flexibility index (Phi) is 3.69. The lowest BCUT2D eigenvalue weighted by molar-refractivity contribution is 0.0691. The molecule has 2 N–H and O–H groups in total. The van der Waals surface area contributed by atoms with Gasteiger partial charge in [-0.3, -0.25) is 0 Å². The topological polar surface area (TPSA) is 104 Å².